The molecule has 0 atom stereocenters. The average Bonchev–Trinajstić information content (AvgIpc) is 2.70. The first kappa shape index (κ1) is 15.0. The van der Waals surface area contributed by atoms with Crippen molar-refractivity contribution in [1.29, 1.82) is 0 Å². The average molecular weight is 324 g/mol. The molecule has 0 saturated heterocycles. The molecule has 0 aliphatic heterocycles. The molecular weight excluding hydrogens is 308 g/mol. The van der Waals surface area contributed by atoms with Crippen LogP contribution in [0.5, 0.6) is 0 Å². The molecule has 0 amide bonds. The number of benzene rings is 1. The van der Waals surface area contributed by atoms with E-state index in [1.165, 1.54) is 0 Å². The Bertz CT molecular complexity index is 897. The van der Waals surface area contributed by atoms with Crippen molar-refractivity contribution in [3.05, 3.63) is 91.3 Å². The van der Waals surface area contributed by atoms with Crippen LogP contribution in [0.1, 0.15) is 0 Å². The van der Waals surface area contributed by atoms with Gasteiger partial charge in [0.25, 0.3) is 0 Å². The van der Waals surface area contributed by atoms with Crippen LogP contribution < -0.4 is 5.32 Å². The molecule has 0 bridgehead atoms. The van der Waals surface area contributed by atoms with Gasteiger partial charge in [0.15, 0.2) is 0 Å². The third kappa shape index (κ3) is 3.53. The molecule has 25 heavy (non-hydrogen) atoms. The van der Waals surface area contributed by atoms with Crippen molar-refractivity contribution >= 4 is 11.4 Å². The molecule has 4 nitrogen and oxygen atoms in total. The highest BCUT2D eigenvalue weighted by Crippen LogP contribution is 2.27. The molecule has 120 valence electrons. The van der Waals surface area contributed by atoms with E-state index in [-0.39, 0.29) is 0 Å². The summed E-state index contributed by atoms with van der Waals surface area (Å²) in [7, 11) is 0. The maximum absolute atomic E-state index is 4.75. The summed E-state index contributed by atoms with van der Waals surface area (Å²) < 4.78 is 0. The van der Waals surface area contributed by atoms with Crippen molar-refractivity contribution in [3.8, 4) is 22.8 Å². The number of anilines is 2. The topological polar surface area (TPSA) is 50.7 Å². The maximum atomic E-state index is 4.75. The molecule has 1 aromatic carbocycles. The van der Waals surface area contributed by atoms with E-state index < -0.39 is 0 Å². The van der Waals surface area contributed by atoms with Gasteiger partial charge in [-0.2, -0.15) is 0 Å². The van der Waals surface area contributed by atoms with Crippen LogP contribution in [0.25, 0.3) is 22.8 Å². The summed E-state index contributed by atoms with van der Waals surface area (Å²) in [4.78, 5) is 13.6. The number of rotatable bonds is 4. The Morgan fingerprint density at radius 2 is 1.08 bits per heavy atom. The second-order valence-electron chi connectivity index (χ2n) is 5.55. The van der Waals surface area contributed by atoms with E-state index in [1.54, 1.807) is 12.4 Å². The lowest BCUT2D eigenvalue weighted by molar-refractivity contribution is 1.22. The van der Waals surface area contributed by atoms with Crippen molar-refractivity contribution in [2.45, 2.75) is 0 Å². The molecule has 4 heteroatoms. The fourth-order valence-electron chi connectivity index (χ4n) is 2.58. The van der Waals surface area contributed by atoms with Crippen LogP contribution in [-0.2, 0) is 0 Å². The largest absolute Gasteiger partial charge is 0.355 e. The van der Waals surface area contributed by atoms with Gasteiger partial charge in [0, 0.05) is 23.8 Å². The summed E-state index contributed by atoms with van der Waals surface area (Å²) in [6.07, 6.45) is 3.55. The summed E-state index contributed by atoms with van der Waals surface area (Å²) in [6.45, 7) is 0. The summed E-state index contributed by atoms with van der Waals surface area (Å²) in [6, 6.07) is 25.7. The molecule has 4 aromatic rings. The fourth-order valence-corrected chi connectivity index (χ4v) is 2.58. The smallest absolute Gasteiger partial charge is 0.0915 e. The summed E-state index contributed by atoms with van der Waals surface area (Å²) in [5.74, 6) is 0. The van der Waals surface area contributed by atoms with Gasteiger partial charge < -0.3 is 5.32 Å². The first-order valence-electron chi connectivity index (χ1n) is 8.05. The van der Waals surface area contributed by atoms with E-state index in [0.29, 0.717) is 0 Å². The summed E-state index contributed by atoms with van der Waals surface area (Å²) in [5.41, 5.74) is 5.24. The second kappa shape index (κ2) is 6.93. The molecule has 0 aliphatic carbocycles. The molecule has 0 saturated carbocycles. The maximum Gasteiger partial charge on any atom is 0.0915 e. The fraction of sp³-hybridized carbons (Fsp3) is 0. The van der Waals surface area contributed by atoms with Gasteiger partial charge in [-0.3, -0.25) is 9.97 Å². The van der Waals surface area contributed by atoms with Crippen LogP contribution in [-0.4, -0.2) is 15.0 Å². The molecule has 3 aromatic heterocycles. The predicted octanol–water partition coefficient (Wildman–Crippen LogP) is 4.95. The number of para-hydroxylation sites is 1. The van der Waals surface area contributed by atoms with E-state index in [4.69, 9.17) is 4.98 Å². The minimum absolute atomic E-state index is 0.808. The minimum atomic E-state index is 0.808. The van der Waals surface area contributed by atoms with Gasteiger partial charge in [-0.15, -0.1) is 0 Å². The Morgan fingerprint density at radius 1 is 0.520 bits per heavy atom. The van der Waals surface area contributed by atoms with Crippen LogP contribution in [0.4, 0.5) is 11.4 Å². The van der Waals surface area contributed by atoms with Crippen molar-refractivity contribution < 1.29 is 0 Å². The van der Waals surface area contributed by atoms with Crippen molar-refractivity contribution in [1.82, 2.24) is 15.0 Å². The van der Waals surface area contributed by atoms with Gasteiger partial charge in [0.2, 0.25) is 0 Å². The molecule has 4 rings (SSSR count). The Hall–Kier alpha value is -3.53. The number of nitrogens with one attached hydrogen (secondary N) is 1. The normalized spacial score (nSPS) is 10.4. The summed E-state index contributed by atoms with van der Waals surface area (Å²) >= 11 is 0. The van der Waals surface area contributed by atoms with Crippen molar-refractivity contribution in [2.24, 2.45) is 0 Å². The SMILES string of the molecule is c1ccc(Nc2cc(-c3ccccn3)nc(-c3ccccn3)c2)cc1. The summed E-state index contributed by atoms with van der Waals surface area (Å²) in [5, 5.41) is 3.43. The third-order valence-electron chi connectivity index (χ3n) is 3.74. The Kier molecular flexibility index (Phi) is 4.16. The van der Waals surface area contributed by atoms with E-state index in [9.17, 15) is 0 Å². The first-order chi connectivity index (χ1) is 12.4. The second-order valence-corrected chi connectivity index (χ2v) is 5.55. The zero-order valence-electron chi connectivity index (χ0n) is 13.5. The van der Waals surface area contributed by atoms with E-state index in [2.05, 4.69) is 15.3 Å². The predicted molar refractivity (Wildman–Crippen MR) is 100 cm³/mol. The number of nitrogens with zero attached hydrogens (tertiary/aromatic N) is 3. The Morgan fingerprint density at radius 3 is 1.60 bits per heavy atom. The van der Waals surface area contributed by atoms with Crippen LogP contribution in [0.3, 0.4) is 0 Å². The van der Waals surface area contributed by atoms with Gasteiger partial charge in [-0.05, 0) is 48.5 Å². The van der Waals surface area contributed by atoms with Crippen LogP contribution in [0, 0.1) is 0 Å². The Balaban J connectivity index is 1.80. The molecule has 3 heterocycles. The number of aromatic nitrogens is 3. The lowest BCUT2D eigenvalue weighted by Crippen LogP contribution is -1.96. The zero-order chi connectivity index (χ0) is 16.9. The molecule has 0 fully saturated rings. The van der Waals surface area contributed by atoms with Gasteiger partial charge in [-0.25, -0.2) is 4.98 Å². The highest BCUT2D eigenvalue weighted by Gasteiger charge is 2.09. The van der Waals surface area contributed by atoms with Crippen LogP contribution in [0.15, 0.2) is 91.3 Å². The Labute approximate surface area is 146 Å². The van der Waals surface area contributed by atoms with Gasteiger partial charge in [0.05, 0.1) is 22.8 Å². The minimum Gasteiger partial charge on any atom is -0.355 e. The van der Waals surface area contributed by atoms with Crippen LogP contribution in [0.2, 0.25) is 0 Å². The van der Waals surface area contributed by atoms with Crippen LogP contribution >= 0.6 is 0 Å². The molecule has 0 spiro atoms. The molecule has 0 unspecified atom stereocenters. The molecule has 1 N–H and O–H groups in total. The standard InChI is InChI=1S/C21H16N4/c1-2-8-16(9-3-1)24-17-14-20(18-10-4-6-12-22-18)25-21(15-17)19-11-5-7-13-23-19/h1-15H,(H,24,25). The quantitative estimate of drug-likeness (QED) is 0.577. The van der Waals surface area contributed by atoms with E-state index in [1.807, 2.05) is 78.9 Å². The lowest BCUT2D eigenvalue weighted by atomic mass is 10.1. The van der Waals surface area contributed by atoms with E-state index >= 15 is 0 Å². The van der Waals surface area contributed by atoms with E-state index in [0.717, 1.165) is 34.2 Å². The number of hydrogen-bond donors (Lipinski definition) is 1. The molecule has 0 aliphatic rings. The highest BCUT2D eigenvalue weighted by atomic mass is 14.9. The molecular formula is C21H16N4. The highest BCUT2D eigenvalue weighted by molar-refractivity contribution is 5.72. The molecule has 0 radical (unpaired) electrons. The first-order valence-corrected chi connectivity index (χ1v) is 8.05. The van der Waals surface area contributed by atoms with Crippen molar-refractivity contribution in [2.75, 3.05) is 5.32 Å². The lowest BCUT2D eigenvalue weighted by Gasteiger charge is -2.11. The van der Waals surface area contributed by atoms with Gasteiger partial charge >= 0.3 is 0 Å². The number of hydrogen-bond acceptors (Lipinski definition) is 4. The monoisotopic (exact) mass is 324 g/mol. The zero-order valence-corrected chi connectivity index (χ0v) is 13.5. The van der Waals surface area contributed by atoms with Gasteiger partial charge in [-0.1, -0.05) is 30.3 Å². The third-order valence-corrected chi connectivity index (χ3v) is 3.74. The number of pyridine rings is 3. The van der Waals surface area contributed by atoms with Gasteiger partial charge in [0.1, 0.15) is 0 Å². The van der Waals surface area contributed by atoms with Crippen molar-refractivity contribution in [3.63, 3.8) is 0 Å².